The van der Waals surface area contributed by atoms with Crippen molar-refractivity contribution in [1.29, 1.82) is 0 Å². The van der Waals surface area contributed by atoms with Crippen molar-refractivity contribution in [3.05, 3.63) is 63.1 Å². The highest BCUT2D eigenvalue weighted by Crippen LogP contribution is 2.17. The molecule has 20 heavy (non-hydrogen) atoms. The van der Waals surface area contributed by atoms with E-state index in [1.165, 1.54) is 24.5 Å². The van der Waals surface area contributed by atoms with Crippen LogP contribution in [0.25, 0.3) is 10.8 Å². The molecule has 0 fully saturated rings. The molecule has 7 nitrogen and oxygen atoms in total. The van der Waals surface area contributed by atoms with Gasteiger partial charge in [0.05, 0.1) is 22.7 Å². The molecule has 0 bridgehead atoms. The van der Waals surface area contributed by atoms with E-state index in [9.17, 15) is 14.4 Å². The van der Waals surface area contributed by atoms with Gasteiger partial charge in [0.15, 0.2) is 5.76 Å². The van der Waals surface area contributed by atoms with Gasteiger partial charge in [-0.15, -0.1) is 0 Å². The number of benzene rings is 1. The summed E-state index contributed by atoms with van der Waals surface area (Å²) in [5.74, 6) is -0.384. The van der Waals surface area contributed by atoms with Crippen molar-refractivity contribution in [2.24, 2.45) is 0 Å². The number of carbonyl (C=O) groups excluding carboxylic acids is 1. The second-order valence-corrected chi connectivity index (χ2v) is 4.07. The Morgan fingerprint density at radius 3 is 2.60 bits per heavy atom. The molecule has 2 aromatic heterocycles. The first-order valence-corrected chi connectivity index (χ1v) is 5.75. The summed E-state index contributed by atoms with van der Waals surface area (Å²) in [7, 11) is 0. The zero-order valence-corrected chi connectivity index (χ0v) is 10.1. The quantitative estimate of drug-likeness (QED) is 0.647. The molecular weight excluding hydrogens is 262 g/mol. The zero-order chi connectivity index (χ0) is 14.1. The molecule has 100 valence electrons. The van der Waals surface area contributed by atoms with Crippen LogP contribution in [0, 0.1) is 0 Å². The Bertz CT molecular complexity index is 890. The third kappa shape index (κ3) is 1.91. The smallest absolute Gasteiger partial charge is 0.291 e. The summed E-state index contributed by atoms with van der Waals surface area (Å²) in [5.41, 5.74) is -0.681. The second-order valence-electron chi connectivity index (χ2n) is 4.07. The molecule has 0 aliphatic heterocycles. The Hall–Kier alpha value is -3.09. The van der Waals surface area contributed by atoms with Crippen molar-refractivity contribution in [2.45, 2.75) is 0 Å². The number of hydrogen-bond acceptors (Lipinski definition) is 4. The summed E-state index contributed by atoms with van der Waals surface area (Å²) in [6.07, 6.45) is 1.37. The van der Waals surface area contributed by atoms with E-state index in [1.54, 1.807) is 12.1 Å². The SMILES string of the molecule is O=C(Nc1cccc2c(=O)[nH][nH]c(=O)c12)c1ccco1. The summed E-state index contributed by atoms with van der Waals surface area (Å²) < 4.78 is 4.97. The number of H-pyrrole nitrogens is 2. The molecule has 0 spiro atoms. The average molecular weight is 271 g/mol. The third-order valence-electron chi connectivity index (χ3n) is 2.82. The van der Waals surface area contributed by atoms with E-state index in [0.29, 0.717) is 0 Å². The summed E-state index contributed by atoms with van der Waals surface area (Å²) in [5, 5.41) is 7.32. The molecule has 0 radical (unpaired) electrons. The van der Waals surface area contributed by atoms with Gasteiger partial charge >= 0.3 is 0 Å². The van der Waals surface area contributed by atoms with Gasteiger partial charge in [-0.05, 0) is 24.3 Å². The lowest BCUT2D eigenvalue weighted by molar-refractivity contribution is 0.0997. The number of nitrogens with one attached hydrogen (secondary N) is 3. The van der Waals surface area contributed by atoms with E-state index in [1.807, 2.05) is 0 Å². The molecule has 0 saturated heterocycles. The van der Waals surface area contributed by atoms with Gasteiger partial charge < -0.3 is 9.73 Å². The summed E-state index contributed by atoms with van der Waals surface area (Å²) in [4.78, 5) is 35.4. The maximum Gasteiger partial charge on any atom is 0.291 e. The van der Waals surface area contributed by atoms with E-state index >= 15 is 0 Å². The molecule has 1 amide bonds. The van der Waals surface area contributed by atoms with Gasteiger partial charge in [-0.25, -0.2) is 0 Å². The van der Waals surface area contributed by atoms with Crippen molar-refractivity contribution in [3.8, 4) is 0 Å². The topological polar surface area (TPSA) is 108 Å². The fourth-order valence-electron chi connectivity index (χ4n) is 1.93. The fourth-order valence-corrected chi connectivity index (χ4v) is 1.93. The van der Waals surface area contributed by atoms with Gasteiger partial charge in [0.2, 0.25) is 0 Å². The maximum absolute atomic E-state index is 11.9. The molecule has 1 aromatic carbocycles. The molecule has 0 aliphatic rings. The van der Waals surface area contributed by atoms with Gasteiger partial charge in [0, 0.05) is 0 Å². The van der Waals surface area contributed by atoms with Gasteiger partial charge in [-0.3, -0.25) is 24.6 Å². The van der Waals surface area contributed by atoms with Crippen molar-refractivity contribution < 1.29 is 9.21 Å². The van der Waals surface area contributed by atoms with E-state index in [2.05, 4.69) is 15.5 Å². The van der Waals surface area contributed by atoms with Crippen LogP contribution in [0.5, 0.6) is 0 Å². The molecule has 3 rings (SSSR count). The Balaban J connectivity index is 2.13. The van der Waals surface area contributed by atoms with Gasteiger partial charge in [0.25, 0.3) is 17.0 Å². The van der Waals surface area contributed by atoms with Crippen LogP contribution >= 0.6 is 0 Å². The number of carbonyl (C=O) groups is 1. The number of fused-ring (bicyclic) bond motifs is 1. The van der Waals surface area contributed by atoms with Crippen LogP contribution < -0.4 is 16.4 Å². The summed E-state index contributed by atoms with van der Waals surface area (Å²) >= 11 is 0. The lowest BCUT2D eigenvalue weighted by Crippen LogP contribution is -2.21. The standard InChI is InChI=1S/C13H9N3O4/c17-11-7-3-1-4-8(10(7)13(19)16-15-11)14-12(18)9-5-2-6-20-9/h1-6H,(H,14,18)(H,15,17)(H,16,19). The highest BCUT2D eigenvalue weighted by atomic mass is 16.3. The predicted molar refractivity (Wildman–Crippen MR) is 71.9 cm³/mol. The van der Waals surface area contributed by atoms with Crippen LogP contribution in [0.15, 0.2) is 50.6 Å². The minimum atomic E-state index is -0.498. The van der Waals surface area contributed by atoms with E-state index in [0.717, 1.165) is 0 Å². The van der Waals surface area contributed by atoms with Crippen LogP contribution in [0.4, 0.5) is 5.69 Å². The number of hydrogen-bond donors (Lipinski definition) is 3. The van der Waals surface area contributed by atoms with Gasteiger partial charge in [-0.2, -0.15) is 0 Å². The first kappa shape index (κ1) is 12.0. The Labute approximate surface area is 111 Å². The lowest BCUT2D eigenvalue weighted by atomic mass is 10.1. The zero-order valence-electron chi connectivity index (χ0n) is 10.1. The molecular formula is C13H9N3O4. The van der Waals surface area contributed by atoms with Crippen LogP contribution in [-0.2, 0) is 0 Å². The monoisotopic (exact) mass is 271 g/mol. The number of aromatic nitrogens is 2. The fraction of sp³-hybridized carbons (Fsp3) is 0. The van der Waals surface area contributed by atoms with Crippen LogP contribution in [0.3, 0.4) is 0 Å². The van der Waals surface area contributed by atoms with Gasteiger partial charge in [-0.1, -0.05) is 6.07 Å². The Morgan fingerprint density at radius 1 is 1.05 bits per heavy atom. The summed E-state index contributed by atoms with van der Waals surface area (Å²) in [6, 6.07) is 7.70. The number of amides is 1. The van der Waals surface area contributed by atoms with Crippen molar-refractivity contribution in [3.63, 3.8) is 0 Å². The first-order valence-electron chi connectivity index (χ1n) is 5.75. The molecule has 3 aromatic rings. The Morgan fingerprint density at radius 2 is 1.85 bits per heavy atom. The number of rotatable bonds is 2. The Kier molecular flexibility index (Phi) is 2.72. The normalized spacial score (nSPS) is 10.6. The molecule has 3 N–H and O–H groups in total. The molecule has 0 saturated carbocycles. The summed E-state index contributed by atoms with van der Waals surface area (Å²) in [6.45, 7) is 0. The largest absolute Gasteiger partial charge is 0.459 e. The third-order valence-corrected chi connectivity index (χ3v) is 2.82. The molecule has 7 heteroatoms. The van der Waals surface area contributed by atoms with Gasteiger partial charge in [0.1, 0.15) is 0 Å². The van der Waals surface area contributed by atoms with E-state index in [-0.39, 0.29) is 22.2 Å². The molecule has 0 aliphatic carbocycles. The lowest BCUT2D eigenvalue weighted by Gasteiger charge is -2.06. The second kappa shape index (κ2) is 4.54. The molecule has 0 unspecified atom stereocenters. The van der Waals surface area contributed by atoms with Crippen molar-refractivity contribution >= 4 is 22.4 Å². The van der Waals surface area contributed by atoms with Crippen LogP contribution in [0.1, 0.15) is 10.6 Å². The first-order chi connectivity index (χ1) is 9.66. The predicted octanol–water partition coefficient (Wildman–Crippen LogP) is 1.06. The highest BCUT2D eigenvalue weighted by Gasteiger charge is 2.13. The van der Waals surface area contributed by atoms with Crippen LogP contribution in [-0.4, -0.2) is 16.1 Å². The highest BCUT2D eigenvalue weighted by molar-refractivity contribution is 6.07. The molecule has 2 heterocycles. The maximum atomic E-state index is 11.9. The minimum absolute atomic E-state index is 0.114. The number of aromatic amines is 2. The number of anilines is 1. The van der Waals surface area contributed by atoms with E-state index in [4.69, 9.17) is 4.42 Å². The number of furan rings is 1. The minimum Gasteiger partial charge on any atom is -0.459 e. The van der Waals surface area contributed by atoms with Crippen LogP contribution in [0.2, 0.25) is 0 Å². The van der Waals surface area contributed by atoms with Crippen molar-refractivity contribution in [2.75, 3.05) is 5.32 Å². The van der Waals surface area contributed by atoms with E-state index < -0.39 is 17.0 Å². The average Bonchev–Trinajstić information content (AvgIpc) is 2.97. The molecule has 0 atom stereocenters. The van der Waals surface area contributed by atoms with Crippen molar-refractivity contribution in [1.82, 2.24) is 10.2 Å².